The molecule has 1 aliphatic carbocycles. The molecule has 0 radical (unpaired) electrons. The van der Waals surface area contributed by atoms with Gasteiger partial charge in [0.05, 0.1) is 20.3 Å². The van der Waals surface area contributed by atoms with Crippen molar-refractivity contribution in [3.63, 3.8) is 0 Å². The normalized spacial score (nSPS) is 17.8. The zero-order valence-electron chi connectivity index (χ0n) is 19.8. The van der Waals surface area contributed by atoms with E-state index >= 15 is 4.39 Å². The SMILES string of the molecule is CCOc1ccc(OCC2CCC(c3ccc(-c4ccc(OC)cc4)c(F)c3F)CC2)c(F)c1F. The van der Waals surface area contributed by atoms with E-state index in [2.05, 4.69) is 0 Å². The van der Waals surface area contributed by atoms with Crippen LogP contribution in [0, 0.1) is 29.2 Å². The van der Waals surface area contributed by atoms with Crippen molar-refractivity contribution in [3.8, 4) is 28.4 Å². The fourth-order valence-electron chi connectivity index (χ4n) is 4.61. The van der Waals surface area contributed by atoms with Crippen molar-refractivity contribution >= 4 is 0 Å². The van der Waals surface area contributed by atoms with Gasteiger partial charge in [0.1, 0.15) is 5.75 Å². The molecule has 0 N–H and O–H groups in total. The molecule has 1 fully saturated rings. The molecule has 35 heavy (non-hydrogen) atoms. The van der Waals surface area contributed by atoms with E-state index in [4.69, 9.17) is 14.2 Å². The second-order valence-corrected chi connectivity index (χ2v) is 8.71. The van der Waals surface area contributed by atoms with Gasteiger partial charge in [-0.15, -0.1) is 0 Å². The lowest BCUT2D eigenvalue weighted by atomic mass is 9.78. The first-order chi connectivity index (χ1) is 16.9. The fraction of sp³-hybridized carbons (Fsp3) is 0.357. The Balaban J connectivity index is 1.37. The topological polar surface area (TPSA) is 27.7 Å². The maximum Gasteiger partial charge on any atom is 0.204 e. The van der Waals surface area contributed by atoms with E-state index < -0.39 is 23.3 Å². The third kappa shape index (κ3) is 5.39. The Kier molecular flexibility index (Phi) is 7.83. The van der Waals surface area contributed by atoms with Gasteiger partial charge < -0.3 is 14.2 Å². The van der Waals surface area contributed by atoms with Gasteiger partial charge in [-0.25, -0.2) is 8.78 Å². The van der Waals surface area contributed by atoms with Crippen LogP contribution in [0.5, 0.6) is 17.2 Å². The van der Waals surface area contributed by atoms with Gasteiger partial charge in [-0.1, -0.05) is 24.3 Å². The van der Waals surface area contributed by atoms with Crippen LogP contribution >= 0.6 is 0 Å². The Morgan fingerprint density at radius 3 is 1.94 bits per heavy atom. The highest BCUT2D eigenvalue weighted by Gasteiger charge is 2.27. The lowest BCUT2D eigenvalue weighted by Gasteiger charge is -2.29. The van der Waals surface area contributed by atoms with Crippen molar-refractivity contribution in [2.75, 3.05) is 20.3 Å². The Hall–Kier alpha value is -3.22. The lowest BCUT2D eigenvalue weighted by molar-refractivity contribution is 0.191. The third-order valence-electron chi connectivity index (χ3n) is 6.59. The van der Waals surface area contributed by atoms with E-state index in [-0.39, 0.29) is 42.1 Å². The van der Waals surface area contributed by atoms with Gasteiger partial charge in [0.2, 0.25) is 11.6 Å². The molecule has 0 aromatic heterocycles. The number of ether oxygens (including phenoxy) is 3. The average molecular weight is 489 g/mol. The van der Waals surface area contributed by atoms with E-state index in [9.17, 15) is 13.2 Å². The smallest absolute Gasteiger partial charge is 0.204 e. The zero-order valence-corrected chi connectivity index (χ0v) is 19.8. The second kappa shape index (κ2) is 11.0. The first-order valence-electron chi connectivity index (χ1n) is 11.8. The quantitative estimate of drug-likeness (QED) is 0.305. The summed E-state index contributed by atoms with van der Waals surface area (Å²) in [7, 11) is 1.54. The van der Waals surface area contributed by atoms with Crippen molar-refractivity contribution in [2.24, 2.45) is 5.92 Å². The van der Waals surface area contributed by atoms with Gasteiger partial charge in [0.25, 0.3) is 0 Å². The summed E-state index contributed by atoms with van der Waals surface area (Å²) >= 11 is 0. The second-order valence-electron chi connectivity index (χ2n) is 8.71. The molecule has 0 saturated heterocycles. The fourth-order valence-corrected chi connectivity index (χ4v) is 4.61. The molecule has 0 unspecified atom stereocenters. The van der Waals surface area contributed by atoms with Crippen LogP contribution in [-0.4, -0.2) is 20.3 Å². The maximum atomic E-state index is 15.0. The summed E-state index contributed by atoms with van der Waals surface area (Å²) in [6, 6.07) is 12.8. The van der Waals surface area contributed by atoms with E-state index in [1.165, 1.54) is 12.1 Å². The molecular weight excluding hydrogens is 460 g/mol. The minimum Gasteiger partial charge on any atom is -0.497 e. The van der Waals surface area contributed by atoms with Crippen molar-refractivity contribution in [1.82, 2.24) is 0 Å². The minimum absolute atomic E-state index is 0.106. The van der Waals surface area contributed by atoms with Gasteiger partial charge in [0, 0.05) is 5.56 Å². The van der Waals surface area contributed by atoms with Crippen molar-refractivity contribution in [2.45, 2.75) is 38.5 Å². The van der Waals surface area contributed by atoms with Crippen LogP contribution in [0.2, 0.25) is 0 Å². The van der Waals surface area contributed by atoms with Gasteiger partial charge in [-0.05, 0) is 79.8 Å². The number of hydrogen-bond acceptors (Lipinski definition) is 3. The highest BCUT2D eigenvalue weighted by atomic mass is 19.2. The molecule has 1 aliphatic rings. The highest BCUT2D eigenvalue weighted by molar-refractivity contribution is 5.65. The lowest BCUT2D eigenvalue weighted by Crippen LogP contribution is -2.20. The first-order valence-corrected chi connectivity index (χ1v) is 11.8. The number of methoxy groups -OCH3 is 1. The monoisotopic (exact) mass is 488 g/mol. The van der Waals surface area contributed by atoms with Crippen molar-refractivity contribution in [3.05, 3.63) is 77.4 Å². The summed E-state index contributed by atoms with van der Waals surface area (Å²) in [6.07, 6.45) is 2.75. The molecule has 0 amide bonds. The van der Waals surface area contributed by atoms with Gasteiger partial charge >= 0.3 is 0 Å². The van der Waals surface area contributed by atoms with Crippen LogP contribution in [0.15, 0.2) is 48.5 Å². The summed E-state index contributed by atoms with van der Waals surface area (Å²) in [5, 5.41) is 0. The first kappa shape index (κ1) is 24.9. The van der Waals surface area contributed by atoms with Gasteiger partial charge in [-0.2, -0.15) is 8.78 Å². The largest absolute Gasteiger partial charge is 0.497 e. The molecule has 0 aliphatic heterocycles. The maximum absolute atomic E-state index is 15.0. The summed E-state index contributed by atoms with van der Waals surface area (Å²) in [5.41, 5.74) is 1.16. The van der Waals surface area contributed by atoms with Crippen LogP contribution in [0.4, 0.5) is 17.6 Å². The Morgan fingerprint density at radius 2 is 1.34 bits per heavy atom. The van der Waals surface area contributed by atoms with Crippen molar-refractivity contribution < 1.29 is 31.8 Å². The molecular formula is C28H28F4O3. The Morgan fingerprint density at radius 1 is 0.714 bits per heavy atom. The van der Waals surface area contributed by atoms with Crippen LogP contribution in [0.25, 0.3) is 11.1 Å². The van der Waals surface area contributed by atoms with E-state index in [0.29, 0.717) is 42.6 Å². The standard InChI is InChI=1S/C28H28F4O3/c1-3-34-23-14-15-24(28(32)27(23)31)35-16-17-4-6-18(7-5-17)21-12-13-22(26(30)25(21)29)19-8-10-20(33-2)11-9-19/h8-15,17-18H,3-7,16H2,1-2H3. The molecule has 4 rings (SSSR count). The molecule has 1 saturated carbocycles. The van der Waals surface area contributed by atoms with Crippen LogP contribution < -0.4 is 14.2 Å². The van der Waals surface area contributed by atoms with E-state index in [1.807, 2.05) is 0 Å². The number of halogens is 4. The molecule has 0 spiro atoms. The summed E-state index contributed by atoms with van der Waals surface area (Å²) in [4.78, 5) is 0. The van der Waals surface area contributed by atoms with Crippen molar-refractivity contribution in [1.29, 1.82) is 0 Å². The predicted octanol–water partition coefficient (Wildman–Crippen LogP) is 7.67. The van der Waals surface area contributed by atoms with Gasteiger partial charge in [0.15, 0.2) is 23.1 Å². The summed E-state index contributed by atoms with van der Waals surface area (Å²) in [6.45, 7) is 2.15. The number of hydrogen-bond donors (Lipinski definition) is 0. The number of benzene rings is 3. The van der Waals surface area contributed by atoms with E-state index in [1.54, 1.807) is 50.4 Å². The Bertz CT molecular complexity index is 1160. The third-order valence-corrected chi connectivity index (χ3v) is 6.59. The molecule has 0 heterocycles. The van der Waals surface area contributed by atoms with E-state index in [0.717, 1.165) is 0 Å². The minimum atomic E-state index is -1.07. The summed E-state index contributed by atoms with van der Waals surface area (Å²) in [5.74, 6) is -3.46. The highest BCUT2D eigenvalue weighted by Crippen LogP contribution is 2.39. The Labute approximate surface area is 202 Å². The van der Waals surface area contributed by atoms with Crippen LogP contribution in [-0.2, 0) is 0 Å². The molecule has 7 heteroatoms. The molecule has 3 aromatic carbocycles. The summed E-state index contributed by atoms with van der Waals surface area (Å²) < 4.78 is 73.9. The molecule has 186 valence electrons. The number of rotatable bonds is 8. The average Bonchev–Trinajstić information content (AvgIpc) is 2.88. The molecule has 0 atom stereocenters. The van der Waals surface area contributed by atoms with Gasteiger partial charge in [-0.3, -0.25) is 0 Å². The molecule has 3 aromatic rings. The zero-order chi connectivity index (χ0) is 24.9. The molecule has 3 nitrogen and oxygen atoms in total. The molecule has 0 bridgehead atoms. The van der Waals surface area contributed by atoms with Crippen LogP contribution in [0.3, 0.4) is 0 Å². The predicted molar refractivity (Wildman–Crippen MR) is 126 cm³/mol. The van der Waals surface area contributed by atoms with Crippen LogP contribution in [0.1, 0.15) is 44.1 Å².